The van der Waals surface area contributed by atoms with Crippen LogP contribution in [0.1, 0.15) is 36.0 Å². The maximum atomic E-state index is 12.5. The number of rotatable bonds is 3. The van der Waals surface area contributed by atoms with Crippen molar-refractivity contribution in [2.45, 2.75) is 31.3 Å². The second kappa shape index (κ2) is 8.06. The zero-order valence-electron chi connectivity index (χ0n) is 16.3. The molecule has 0 bridgehead atoms. The number of hydrogen-bond acceptors (Lipinski definition) is 4. The highest BCUT2D eigenvalue weighted by atomic mass is 16.3. The minimum Gasteiger partial charge on any atom is -0.394 e. The number of aromatic nitrogens is 1. The molecule has 2 aliphatic heterocycles. The van der Waals surface area contributed by atoms with E-state index in [0.29, 0.717) is 13.0 Å². The minimum atomic E-state index is -0.237. The lowest BCUT2D eigenvalue weighted by atomic mass is 9.73. The van der Waals surface area contributed by atoms with E-state index in [9.17, 15) is 14.7 Å². The van der Waals surface area contributed by atoms with E-state index in [0.717, 1.165) is 16.7 Å². The third-order valence-electron chi connectivity index (χ3n) is 5.72. The van der Waals surface area contributed by atoms with Gasteiger partial charge in [-0.05, 0) is 29.8 Å². The van der Waals surface area contributed by atoms with Gasteiger partial charge in [-0.1, -0.05) is 30.9 Å². The van der Waals surface area contributed by atoms with Crippen LogP contribution in [-0.2, 0) is 9.59 Å². The number of amides is 2. The van der Waals surface area contributed by atoms with Crippen molar-refractivity contribution in [3.05, 3.63) is 65.5 Å². The van der Waals surface area contributed by atoms with Gasteiger partial charge in [0.25, 0.3) is 0 Å². The molecular weight excluding hydrogens is 366 g/mol. The molecular formula is C23H23N3O3. The van der Waals surface area contributed by atoms with Crippen LogP contribution in [-0.4, -0.2) is 63.5 Å². The molecule has 6 heteroatoms. The number of nitrogens with zero attached hydrogens (tertiary/aromatic N) is 3. The number of aliphatic hydroxyl groups is 1. The predicted molar refractivity (Wildman–Crippen MR) is 108 cm³/mol. The molecule has 0 unspecified atom stereocenters. The summed E-state index contributed by atoms with van der Waals surface area (Å²) in [4.78, 5) is 32.0. The number of aliphatic hydroxyl groups excluding tert-OH is 1. The van der Waals surface area contributed by atoms with Gasteiger partial charge in [0, 0.05) is 42.4 Å². The van der Waals surface area contributed by atoms with Crippen LogP contribution in [0, 0.1) is 11.8 Å². The van der Waals surface area contributed by atoms with Crippen LogP contribution in [0.25, 0.3) is 0 Å². The van der Waals surface area contributed by atoms with Gasteiger partial charge in [0.05, 0.1) is 25.2 Å². The Morgan fingerprint density at radius 3 is 2.62 bits per heavy atom. The molecule has 0 saturated carbocycles. The van der Waals surface area contributed by atoms with E-state index in [1.807, 2.05) is 36.4 Å². The average Bonchev–Trinajstić information content (AvgIpc) is 2.74. The number of benzene rings is 1. The first-order valence-electron chi connectivity index (χ1n) is 9.84. The molecule has 6 nitrogen and oxygen atoms in total. The van der Waals surface area contributed by atoms with Crippen LogP contribution < -0.4 is 0 Å². The van der Waals surface area contributed by atoms with Crippen molar-refractivity contribution in [1.82, 2.24) is 14.8 Å². The molecule has 29 heavy (non-hydrogen) atoms. The fourth-order valence-corrected chi connectivity index (χ4v) is 4.28. The van der Waals surface area contributed by atoms with Crippen LogP contribution in [0.4, 0.5) is 0 Å². The molecule has 1 N–H and O–H groups in total. The molecule has 2 fully saturated rings. The molecule has 3 atom stereocenters. The van der Waals surface area contributed by atoms with E-state index in [1.54, 1.807) is 29.1 Å². The Labute approximate surface area is 170 Å². The van der Waals surface area contributed by atoms with E-state index in [2.05, 4.69) is 16.8 Å². The van der Waals surface area contributed by atoms with E-state index >= 15 is 0 Å². The Balaban J connectivity index is 1.53. The van der Waals surface area contributed by atoms with E-state index in [4.69, 9.17) is 0 Å². The molecule has 0 aliphatic carbocycles. The van der Waals surface area contributed by atoms with Crippen LogP contribution in [0.2, 0.25) is 0 Å². The standard InChI is InChI=1S/C23H23N3O3/c1-2-21(28)25-13-19-23(20(15-27)26(19)22(29)14-25)18-9-7-16(8-10-18)5-6-17-4-3-11-24-12-17/h3-4,7-12,19-20,23,27H,2,13-15H2,1H3/t19-,20-,23+/m0/s1. The molecule has 2 aliphatic rings. The van der Waals surface area contributed by atoms with E-state index in [-0.39, 0.29) is 43.0 Å². The fraction of sp³-hybridized carbons (Fsp3) is 0.348. The maximum Gasteiger partial charge on any atom is 0.242 e. The Morgan fingerprint density at radius 1 is 1.21 bits per heavy atom. The smallest absolute Gasteiger partial charge is 0.242 e. The molecule has 1 aromatic heterocycles. The Kier molecular flexibility index (Phi) is 5.32. The summed E-state index contributed by atoms with van der Waals surface area (Å²) in [5, 5.41) is 9.86. The molecule has 1 aromatic carbocycles. The van der Waals surface area contributed by atoms with Gasteiger partial charge >= 0.3 is 0 Å². The van der Waals surface area contributed by atoms with Gasteiger partial charge in [0.2, 0.25) is 11.8 Å². The summed E-state index contributed by atoms with van der Waals surface area (Å²) in [6.07, 6.45) is 3.82. The number of piperazine rings is 1. The molecule has 0 spiro atoms. The molecule has 2 saturated heterocycles. The summed E-state index contributed by atoms with van der Waals surface area (Å²) in [6.45, 7) is 2.34. The van der Waals surface area contributed by atoms with Crippen LogP contribution >= 0.6 is 0 Å². The summed E-state index contributed by atoms with van der Waals surface area (Å²) in [5.41, 5.74) is 2.79. The Bertz CT molecular complexity index is 962. The van der Waals surface area contributed by atoms with Gasteiger partial charge in [0.15, 0.2) is 0 Å². The van der Waals surface area contributed by atoms with Gasteiger partial charge in [-0.25, -0.2) is 0 Å². The summed E-state index contributed by atoms with van der Waals surface area (Å²) in [5.74, 6) is 6.12. The molecule has 148 valence electrons. The lowest BCUT2D eigenvalue weighted by Gasteiger charge is -2.58. The minimum absolute atomic E-state index is 0.00905. The molecule has 4 rings (SSSR count). The van der Waals surface area contributed by atoms with Crippen LogP contribution in [0.15, 0.2) is 48.8 Å². The number of fused-ring (bicyclic) bond motifs is 1. The third-order valence-corrected chi connectivity index (χ3v) is 5.72. The summed E-state index contributed by atoms with van der Waals surface area (Å²) in [6, 6.07) is 11.3. The van der Waals surface area contributed by atoms with Crippen molar-refractivity contribution >= 4 is 11.8 Å². The monoisotopic (exact) mass is 389 g/mol. The van der Waals surface area contributed by atoms with Crippen molar-refractivity contribution < 1.29 is 14.7 Å². The highest BCUT2D eigenvalue weighted by Crippen LogP contribution is 2.42. The first kappa shape index (κ1) is 19.2. The maximum absolute atomic E-state index is 12.5. The SMILES string of the molecule is CCC(=O)N1CC(=O)N2[C@@H](CO)[C@H](c3ccc(C#Cc4cccnc4)cc3)[C@@H]2C1. The van der Waals surface area contributed by atoms with Gasteiger partial charge in [-0.15, -0.1) is 0 Å². The number of hydrogen-bond donors (Lipinski definition) is 1. The molecule has 0 radical (unpaired) electrons. The first-order valence-corrected chi connectivity index (χ1v) is 9.84. The average molecular weight is 389 g/mol. The number of carbonyl (C=O) groups excluding carboxylic acids is 2. The van der Waals surface area contributed by atoms with Crippen LogP contribution in [0.5, 0.6) is 0 Å². The summed E-state index contributed by atoms with van der Waals surface area (Å²) >= 11 is 0. The lowest BCUT2D eigenvalue weighted by molar-refractivity contribution is -0.166. The predicted octanol–water partition coefficient (Wildman–Crippen LogP) is 1.39. The van der Waals surface area contributed by atoms with Crippen molar-refractivity contribution in [2.24, 2.45) is 0 Å². The van der Waals surface area contributed by atoms with Crippen molar-refractivity contribution in [1.29, 1.82) is 0 Å². The molecule has 3 heterocycles. The van der Waals surface area contributed by atoms with Gasteiger partial charge in [-0.2, -0.15) is 0 Å². The topological polar surface area (TPSA) is 73.7 Å². The summed E-state index contributed by atoms with van der Waals surface area (Å²) in [7, 11) is 0. The molecule has 2 aromatic rings. The second-order valence-electron chi connectivity index (χ2n) is 7.39. The van der Waals surface area contributed by atoms with Crippen LogP contribution in [0.3, 0.4) is 0 Å². The van der Waals surface area contributed by atoms with Gasteiger partial charge in [-0.3, -0.25) is 14.6 Å². The first-order chi connectivity index (χ1) is 14.1. The quantitative estimate of drug-likeness (QED) is 0.805. The molecule has 2 amide bonds. The second-order valence-corrected chi connectivity index (χ2v) is 7.39. The zero-order valence-corrected chi connectivity index (χ0v) is 16.3. The van der Waals surface area contributed by atoms with Gasteiger partial charge in [0.1, 0.15) is 0 Å². The van der Waals surface area contributed by atoms with Crippen molar-refractivity contribution in [3.63, 3.8) is 0 Å². The highest BCUT2D eigenvalue weighted by Gasteiger charge is 2.54. The Hall–Kier alpha value is -3.17. The van der Waals surface area contributed by atoms with E-state index < -0.39 is 0 Å². The third kappa shape index (κ3) is 3.62. The van der Waals surface area contributed by atoms with Crippen molar-refractivity contribution in [2.75, 3.05) is 19.7 Å². The lowest BCUT2D eigenvalue weighted by Crippen LogP contribution is -2.73. The number of pyridine rings is 1. The Morgan fingerprint density at radius 2 is 1.97 bits per heavy atom. The fourth-order valence-electron chi connectivity index (χ4n) is 4.28. The van der Waals surface area contributed by atoms with E-state index in [1.165, 1.54) is 0 Å². The van der Waals surface area contributed by atoms with Crippen molar-refractivity contribution in [3.8, 4) is 11.8 Å². The van der Waals surface area contributed by atoms with Gasteiger partial charge < -0.3 is 14.9 Å². The number of carbonyl (C=O) groups is 2. The normalized spacial score (nSPS) is 23.0. The summed E-state index contributed by atoms with van der Waals surface area (Å²) < 4.78 is 0. The largest absolute Gasteiger partial charge is 0.394 e. The highest BCUT2D eigenvalue weighted by molar-refractivity contribution is 5.87. The zero-order chi connectivity index (χ0) is 20.4.